The van der Waals surface area contributed by atoms with Crippen LogP contribution in [0.2, 0.25) is 0 Å². The largest absolute Gasteiger partial charge is 0.352 e. The van der Waals surface area contributed by atoms with Crippen LogP contribution in [0.25, 0.3) is 0 Å². The zero-order chi connectivity index (χ0) is 14.6. The third kappa shape index (κ3) is 4.16. The molecule has 0 bridgehead atoms. The van der Waals surface area contributed by atoms with Crippen LogP contribution in [0.1, 0.15) is 26.7 Å². The third-order valence-electron chi connectivity index (χ3n) is 3.49. The number of carbonyl (C=O) groups is 1. The lowest BCUT2D eigenvalue weighted by Gasteiger charge is -2.35. The van der Waals surface area contributed by atoms with E-state index < -0.39 is 0 Å². The predicted octanol–water partition coefficient (Wildman–Crippen LogP) is 0.643. The molecule has 0 radical (unpaired) electrons. The van der Waals surface area contributed by atoms with Crippen LogP contribution in [0.5, 0.6) is 0 Å². The maximum atomic E-state index is 12.1. The Hall–Kier alpha value is -1.69. The number of rotatable bonds is 4. The molecule has 1 aromatic heterocycles. The number of aromatic nitrogens is 2. The van der Waals surface area contributed by atoms with Gasteiger partial charge in [-0.15, -0.1) is 0 Å². The van der Waals surface area contributed by atoms with E-state index in [0.29, 0.717) is 6.42 Å². The van der Waals surface area contributed by atoms with Gasteiger partial charge in [0.05, 0.1) is 6.20 Å². The second-order valence-electron chi connectivity index (χ2n) is 5.92. The molecule has 110 valence electrons. The van der Waals surface area contributed by atoms with Crippen molar-refractivity contribution in [3.8, 4) is 0 Å². The molecule has 20 heavy (non-hydrogen) atoms. The van der Waals surface area contributed by atoms with Crippen molar-refractivity contribution in [3.63, 3.8) is 0 Å². The van der Waals surface area contributed by atoms with Gasteiger partial charge < -0.3 is 15.5 Å². The van der Waals surface area contributed by atoms with Crippen molar-refractivity contribution in [1.82, 2.24) is 14.9 Å². The van der Waals surface area contributed by atoms with E-state index in [0.717, 1.165) is 38.4 Å². The molecule has 0 saturated carbocycles. The minimum Gasteiger partial charge on any atom is -0.352 e. The van der Waals surface area contributed by atoms with Crippen LogP contribution < -0.4 is 10.6 Å². The second kappa shape index (κ2) is 6.17. The predicted molar refractivity (Wildman–Crippen MR) is 78.3 cm³/mol. The van der Waals surface area contributed by atoms with Crippen molar-refractivity contribution < 1.29 is 4.79 Å². The lowest BCUT2D eigenvalue weighted by Crippen LogP contribution is -2.49. The first-order valence-corrected chi connectivity index (χ1v) is 7.03. The number of piperazine rings is 1. The van der Waals surface area contributed by atoms with Crippen LogP contribution in [0.3, 0.4) is 0 Å². The first-order chi connectivity index (χ1) is 9.46. The molecule has 6 nitrogen and oxygen atoms in total. The maximum absolute atomic E-state index is 12.1. The molecular weight excluding hydrogens is 254 g/mol. The monoisotopic (exact) mass is 277 g/mol. The van der Waals surface area contributed by atoms with Gasteiger partial charge in [-0.25, -0.2) is 4.98 Å². The van der Waals surface area contributed by atoms with Crippen molar-refractivity contribution in [1.29, 1.82) is 0 Å². The highest BCUT2D eigenvalue weighted by molar-refractivity contribution is 5.76. The van der Waals surface area contributed by atoms with Gasteiger partial charge in [0.25, 0.3) is 0 Å². The highest BCUT2D eigenvalue weighted by atomic mass is 16.2. The molecule has 1 fully saturated rings. The maximum Gasteiger partial charge on any atom is 0.222 e. The molecular formula is C14H23N5O. The Morgan fingerprint density at radius 2 is 2.00 bits per heavy atom. The fourth-order valence-corrected chi connectivity index (χ4v) is 2.23. The summed E-state index contributed by atoms with van der Waals surface area (Å²) in [6.07, 6.45) is 6.35. The average molecular weight is 277 g/mol. The molecule has 1 aliphatic heterocycles. The van der Waals surface area contributed by atoms with Crippen molar-refractivity contribution in [3.05, 3.63) is 18.6 Å². The van der Waals surface area contributed by atoms with Gasteiger partial charge in [-0.2, -0.15) is 0 Å². The van der Waals surface area contributed by atoms with Gasteiger partial charge in [0, 0.05) is 50.5 Å². The normalized spacial score (nSPS) is 16.4. The van der Waals surface area contributed by atoms with E-state index in [9.17, 15) is 4.79 Å². The molecule has 2 heterocycles. The van der Waals surface area contributed by atoms with Gasteiger partial charge in [0.2, 0.25) is 5.91 Å². The Morgan fingerprint density at radius 1 is 1.30 bits per heavy atom. The fourth-order valence-electron chi connectivity index (χ4n) is 2.23. The molecule has 1 aliphatic rings. The zero-order valence-electron chi connectivity index (χ0n) is 12.2. The minimum absolute atomic E-state index is 0.197. The molecule has 1 amide bonds. The Balaban J connectivity index is 1.81. The van der Waals surface area contributed by atoms with Crippen LogP contribution >= 0.6 is 0 Å². The second-order valence-corrected chi connectivity index (χ2v) is 5.92. The van der Waals surface area contributed by atoms with Gasteiger partial charge in [-0.05, 0) is 20.3 Å². The van der Waals surface area contributed by atoms with E-state index in [-0.39, 0.29) is 11.4 Å². The highest BCUT2D eigenvalue weighted by Gasteiger charge is 2.23. The van der Waals surface area contributed by atoms with Crippen molar-refractivity contribution in [2.45, 2.75) is 32.2 Å². The topological polar surface area (TPSA) is 75.4 Å². The highest BCUT2D eigenvalue weighted by Crippen LogP contribution is 2.14. The summed E-state index contributed by atoms with van der Waals surface area (Å²) < 4.78 is 0. The van der Waals surface area contributed by atoms with Crippen LogP contribution in [0, 0.1) is 0 Å². The summed E-state index contributed by atoms with van der Waals surface area (Å²) in [6, 6.07) is 0. The van der Waals surface area contributed by atoms with E-state index in [1.165, 1.54) is 0 Å². The number of nitrogens with zero attached hydrogens (tertiary/aromatic N) is 4. The molecule has 0 atom stereocenters. The molecule has 0 unspecified atom stereocenters. The van der Waals surface area contributed by atoms with Crippen LogP contribution in [0.15, 0.2) is 18.6 Å². The Morgan fingerprint density at radius 3 is 2.55 bits per heavy atom. The molecule has 1 aromatic rings. The van der Waals surface area contributed by atoms with Gasteiger partial charge in [-0.3, -0.25) is 9.78 Å². The SMILES string of the molecule is CC(C)(N)CCC(=O)N1CCN(c2cnccn2)CC1. The third-order valence-corrected chi connectivity index (χ3v) is 3.49. The van der Waals surface area contributed by atoms with Gasteiger partial charge in [0.15, 0.2) is 0 Å². The van der Waals surface area contributed by atoms with Gasteiger partial charge in [-0.1, -0.05) is 0 Å². The lowest BCUT2D eigenvalue weighted by atomic mass is 9.99. The van der Waals surface area contributed by atoms with E-state index in [1.54, 1.807) is 18.6 Å². The van der Waals surface area contributed by atoms with Crippen LogP contribution in [-0.4, -0.2) is 52.5 Å². The summed E-state index contributed by atoms with van der Waals surface area (Å²) in [7, 11) is 0. The molecule has 0 spiro atoms. The Labute approximate surface area is 120 Å². The standard InChI is InChI=1S/C14H23N5O/c1-14(2,15)4-3-13(20)19-9-7-18(8-10-19)12-11-16-5-6-17-12/h5-6,11H,3-4,7-10,15H2,1-2H3. The molecule has 6 heteroatoms. The smallest absolute Gasteiger partial charge is 0.222 e. The van der Waals surface area contributed by atoms with E-state index in [1.807, 2.05) is 18.7 Å². The Bertz CT molecular complexity index is 435. The number of hydrogen-bond donors (Lipinski definition) is 1. The van der Waals surface area contributed by atoms with Crippen LogP contribution in [-0.2, 0) is 4.79 Å². The fraction of sp³-hybridized carbons (Fsp3) is 0.643. The van der Waals surface area contributed by atoms with E-state index >= 15 is 0 Å². The van der Waals surface area contributed by atoms with Gasteiger partial charge >= 0.3 is 0 Å². The first kappa shape index (κ1) is 14.7. The average Bonchev–Trinajstić information content (AvgIpc) is 2.45. The quantitative estimate of drug-likeness (QED) is 0.874. The number of amides is 1. The van der Waals surface area contributed by atoms with Gasteiger partial charge in [0.1, 0.15) is 5.82 Å². The number of hydrogen-bond acceptors (Lipinski definition) is 5. The molecule has 0 aromatic carbocycles. The molecule has 2 rings (SSSR count). The van der Waals surface area contributed by atoms with Crippen molar-refractivity contribution in [2.24, 2.45) is 5.73 Å². The zero-order valence-corrected chi connectivity index (χ0v) is 12.2. The molecule has 1 saturated heterocycles. The summed E-state index contributed by atoms with van der Waals surface area (Å²) >= 11 is 0. The summed E-state index contributed by atoms with van der Waals surface area (Å²) in [5.74, 6) is 1.07. The first-order valence-electron chi connectivity index (χ1n) is 7.03. The number of anilines is 1. The van der Waals surface area contributed by atoms with E-state index in [4.69, 9.17) is 5.73 Å². The van der Waals surface area contributed by atoms with Crippen molar-refractivity contribution >= 4 is 11.7 Å². The Kier molecular flexibility index (Phi) is 4.54. The number of nitrogens with two attached hydrogens (primary N) is 1. The van der Waals surface area contributed by atoms with Crippen molar-refractivity contribution in [2.75, 3.05) is 31.1 Å². The summed E-state index contributed by atoms with van der Waals surface area (Å²) in [4.78, 5) is 24.5. The van der Waals surface area contributed by atoms with E-state index in [2.05, 4.69) is 14.9 Å². The molecule has 0 aliphatic carbocycles. The minimum atomic E-state index is -0.281. The number of carbonyl (C=O) groups excluding carboxylic acids is 1. The summed E-state index contributed by atoms with van der Waals surface area (Å²) in [5.41, 5.74) is 5.64. The van der Waals surface area contributed by atoms with Crippen LogP contribution in [0.4, 0.5) is 5.82 Å². The summed E-state index contributed by atoms with van der Waals surface area (Å²) in [5, 5.41) is 0. The lowest BCUT2D eigenvalue weighted by molar-refractivity contribution is -0.131. The molecule has 2 N–H and O–H groups in total. The summed E-state index contributed by atoms with van der Waals surface area (Å²) in [6.45, 7) is 6.98.